The summed E-state index contributed by atoms with van der Waals surface area (Å²) >= 11 is 1.54. The molecule has 2 aromatic carbocycles. The zero-order valence-electron chi connectivity index (χ0n) is 10.9. The maximum atomic E-state index is 12.3. The van der Waals surface area contributed by atoms with Gasteiger partial charge in [-0.15, -0.1) is 11.3 Å². The van der Waals surface area contributed by atoms with Crippen molar-refractivity contribution in [3.8, 4) is 5.75 Å². The van der Waals surface area contributed by atoms with Gasteiger partial charge in [-0.1, -0.05) is 24.3 Å². The number of phenolic OH excluding ortho intramolecular Hbond substituents is 1. The maximum absolute atomic E-state index is 12.3. The van der Waals surface area contributed by atoms with E-state index in [1.807, 2.05) is 42.6 Å². The van der Waals surface area contributed by atoms with E-state index in [0.29, 0.717) is 11.3 Å². The van der Waals surface area contributed by atoms with Gasteiger partial charge >= 0.3 is 0 Å². The standard InChI is InChI=1S/C16H13NO2S/c1-10-6-7-13(14(18)8-10)17-16(19)12-9-20-15-5-3-2-4-11(12)15/h2-9,18H,1H3,(H,17,19). The molecule has 0 bridgehead atoms. The monoisotopic (exact) mass is 283 g/mol. The van der Waals surface area contributed by atoms with Crippen LogP contribution in [0.5, 0.6) is 5.75 Å². The van der Waals surface area contributed by atoms with Gasteiger partial charge in [-0.2, -0.15) is 0 Å². The van der Waals surface area contributed by atoms with Crippen LogP contribution in [0.3, 0.4) is 0 Å². The van der Waals surface area contributed by atoms with Crippen molar-refractivity contribution in [3.05, 3.63) is 59.0 Å². The molecule has 0 unspecified atom stereocenters. The normalized spacial score (nSPS) is 10.7. The van der Waals surface area contributed by atoms with Crippen LogP contribution in [0.1, 0.15) is 15.9 Å². The van der Waals surface area contributed by atoms with Crippen molar-refractivity contribution in [2.24, 2.45) is 0 Å². The molecule has 0 atom stereocenters. The summed E-state index contributed by atoms with van der Waals surface area (Å²) in [6.07, 6.45) is 0. The Balaban J connectivity index is 1.93. The number of aromatic hydroxyl groups is 1. The minimum absolute atomic E-state index is 0.0814. The van der Waals surface area contributed by atoms with Crippen LogP contribution in [-0.4, -0.2) is 11.0 Å². The van der Waals surface area contributed by atoms with E-state index in [1.54, 1.807) is 12.1 Å². The smallest absolute Gasteiger partial charge is 0.257 e. The third-order valence-corrected chi connectivity index (χ3v) is 4.09. The number of amides is 1. The first-order valence-electron chi connectivity index (χ1n) is 6.22. The largest absolute Gasteiger partial charge is 0.506 e. The molecule has 0 radical (unpaired) electrons. The van der Waals surface area contributed by atoms with Gasteiger partial charge in [-0.05, 0) is 30.7 Å². The van der Waals surface area contributed by atoms with Gasteiger partial charge in [0, 0.05) is 15.5 Å². The van der Waals surface area contributed by atoms with Crippen molar-refractivity contribution in [2.75, 3.05) is 5.32 Å². The third-order valence-electron chi connectivity index (χ3n) is 3.13. The van der Waals surface area contributed by atoms with Crippen LogP contribution >= 0.6 is 11.3 Å². The number of anilines is 1. The van der Waals surface area contributed by atoms with Gasteiger partial charge in [-0.25, -0.2) is 0 Å². The van der Waals surface area contributed by atoms with E-state index in [9.17, 15) is 9.90 Å². The average molecular weight is 283 g/mol. The lowest BCUT2D eigenvalue weighted by atomic mass is 10.1. The highest BCUT2D eigenvalue weighted by atomic mass is 32.1. The first-order chi connectivity index (χ1) is 9.65. The van der Waals surface area contributed by atoms with Crippen LogP contribution in [0.25, 0.3) is 10.1 Å². The number of thiophene rings is 1. The lowest BCUT2D eigenvalue weighted by molar-refractivity contribution is 0.102. The fourth-order valence-corrected chi connectivity index (χ4v) is 3.03. The zero-order chi connectivity index (χ0) is 14.1. The summed E-state index contributed by atoms with van der Waals surface area (Å²) in [7, 11) is 0. The minimum Gasteiger partial charge on any atom is -0.506 e. The van der Waals surface area contributed by atoms with E-state index in [0.717, 1.165) is 15.6 Å². The number of carbonyl (C=O) groups is 1. The molecular formula is C16H13NO2S. The van der Waals surface area contributed by atoms with Gasteiger partial charge in [0.05, 0.1) is 11.3 Å². The highest BCUT2D eigenvalue weighted by Gasteiger charge is 2.13. The molecule has 3 aromatic rings. The van der Waals surface area contributed by atoms with Gasteiger partial charge in [0.2, 0.25) is 0 Å². The Bertz CT molecular complexity index is 792. The van der Waals surface area contributed by atoms with Gasteiger partial charge < -0.3 is 10.4 Å². The molecule has 4 heteroatoms. The van der Waals surface area contributed by atoms with E-state index in [-0.39, 0.29) is 11.7 Å². The van der Waals surface area contributed by atoms with Gasteiger partial charge in [0.15, 0.2) is 0 Å². The second-order valence-electron chi connectivity index (χ2n) is 4.62. The molecule has 0 aliphatic rings. The summed E-state index contributed by atoms with van der Waals surface area (Å²) in [5, 5.41) is 15.4. The van der Waals surface area contributed by atoms with Crippen molar-refractivity contribution < 1.29 is 9.90 Å². The molecule has 100 valence electrons. The van der Waals surface area contributed by atoms with E-state index in [1.165, 1.54) is 11.3 Å². The van der Waals surface area contributed by atoms with Crippen LogP contribution in [0.4, 0.5) is 5.69 Å². The Morgan fingerprint density at radius 2 is 2.00 bits per heavy atom. The topological polar surface area (TPSA) is 49.3 Å². The summed E-state index contributed by atoms with van der Waals surface area (Å²) in [5.41, 5.74) is 2.00. The third kappa shape index (κ3) is 2.26. The number of carbonyl (C=O) groups excluding carboxylic acids is 1. The maximum Gasteiger partial charge on any atom is 0.257 e. The molecule has 20 heavy (non-hydrogen) atoms. The summed E-state index contributed by atoms with van der Waals surface area (Å²) in [6.45, 7) is 1.89. The SMILES string of the molecule is Cc1ccc(NC(=O)c2csc3ccccc23)c(O)c1. The molecule has 3 nitrogen and oxygen atoms in total. The highest BCUT2D eigenvalue weighted by Crippen LogP contribution is 2.28. The number of hydrogen-bond donors (Lipinski definition) is 2. The van der Waals surface area contributed by atoms with Crippen molar-refractivity contribution in [2.45, 2.75) is 6.92 Å². The molecule has 1 amide bonds. The number of hydrogen-bond acceptors (Lipinski definition) is 3. The van der Waals surface area contributed by atoms with E-state index in [2.05, 4.69) is 5.32 Å². The zero-order valence-corrected chi connectivity index (χ0v) is 11.7. The Labute approximate surface area is 120 Å². The average Bonchev–Trinajstić information content (AvgIpc) is 2.86. The fourth-order valence-electron chi connectivity index (χ4n) is 2.09. The van der Waals surface area contributed by atoms with Crippen molar-refractivity contribution in [3.63, 3.8) is 0 Å². The van der Waals surface area contributed by atoms with Crippen molar-refractivity contribution >= 4 is 33.0 Å². The summed E-state index contributed by atoms with van der Waals surface area (Å²) in [4.78, 5) is 12.3. The van der Waals surface area contributed by atoms with Gasteiger partial charge in [-0.3, -0.25) is 4.79 Å². The van der Waals surface area contributed by atoms with E-state index in [4.69, 9.17) is 0 Å². The Morgan fingerprint density at radius 3 is 2.80 bits per heavy atom. The molecule has 0 saturated heterocycles. The van der Waals surface area contributed by atoms with Crippen LogP contribution in [-0.2, 0) is 0 Å². The summed E-state index contributed by atoms with van der Waals surface area (Å²) < 4.78 is 1.07. The molecule has 0 fully saturated rings. The second-order valence-corrected chi connectivity index (χ2v) is 5.53. The molecule has 0 saturated carbocycles. The number of nitrogens with one attached hydrogen (secondary N) is 1. The molecular weight excluding hydrogens is 270 g/mol. The molecule has 2 N–H and O–H groups in total. The Hall–Kier alpha value is -2.33. The molecule has 1 heterocycles. The molecule has 0 aliphatic heterocycles. The lowest BCUT2D eigenvalue weighted by Crippen LogP contribution is -2.11. The summed E-state index contributed by atoms with van der Waals surface area (Å²) in [6, 6.07) is 13.0. The summed E-state index contributed by atoms with van der Waals surface area (Å²) in [5.74, 6) is -0.125. The first-order valence-corrected chi connectivity index (χ1v) is 7.10. The molecule has 0 aliphatic carbocycles. The Morgan fingerprint density at radius 1 is 1.20 bits per heavy atom. The van der Waals surface area contributed by atoms with Crippen LogP contribution in [0.2, 0.25) is 0 Å². The van der Waals surface area contributed by atoms with Crippen molar-refractivity contribution in [1.82, 2.24) is 0 Å². The molecule has 0 spiro atoms. The first kappa shape index (κ1) is 12.7. The number of benzene rings is 2. The number of fused-ring (bicyclic) bond motifs is 1. The van der Waals surface area contributed by atoms with E-state index >= 15 is 0 Å². The van der Waals surface area contributed by atoms with Gasteiger partial charge in [0.25, 0.3) is 5.91 Å². The van der Waals surface area contributed by atoms with Crippen molar-refractivity contribution in [1.29, 1.82) is 0 Å². The predicted octanol–water partition coefficient (Wildman–Crippen LogP) is 4.17. The molecule has 3 rings (SSSR count). The van der Waals surface area contributed by atoms with Crippen LogP contribution in [0, 0.1) is 6.92 Å². The quantitative estimate of drug-likeness (QED) is 0.693. The number of aryl methyl sites for hydroxylation is 1. The lowest BCUT2D eigenvalue weighted by Gasteiger charge is -2.07. The number of phenols is 1. The highest BCUT2D eigenvalue weighted by molar-refractivity contribution is 7.17. The predicted molar refractivity (Wildman–Crippen MR) is 82.6 cm³/mol. The van der Waals surface area contributed by atoms with E-state index < -0.39 is 0 Å². The van der Waals surface area contributed by atoms with Crippen LogP contribution in [0.15, 0.2) is 47.8 Å². The second kappa shape index (κ2) is 4.98. The minimum atomic E-state index is -0.207. The number of rotatable bonds is 2. The fraction of sp³-hybridized carbons (Fsp3) is 0.0625. The molecule has 1 aromatic heterocycles. The van der Waals surface area contributed by atoms with Crippen LogP contribution < -0.4 is 5.32 Å². The Kier molecular flexibility index (Phi) is 3.16. The van der Waals surface area contributed by atoms with Gasteiger partial charge in [0.1, 0.15) is 5.75 Å².